The molecule has 1 N–H and O–H groups in total. The van der Waals surface area contributed by atoms with Crippen LogP contribution in [0.25, 0.3) is 0 Å². The Kier molecular flexibility index (Phi) is 6.56. The third-order valence-corrected chi connectivity index (χ3v) is 2.86. The van der Waals surface area contributed by atoms with E-state index < -0.39 is 11.9 Å². The number of rotatable bonds is 6. The molecule has 0 fully saturated rings. The molecule has 0 saturated carbocycles. The first-order chi connectivity index (χ1) is 9.56. The van der Waals surface area contributed by atoms with Gasteiger partial charge in [0.15, 0.2) is 0 Å². The van der Waals surface area contributed by atoms with Gasteiger partial charge in [0.05, 0.1) is 13.7 Å². The lowest BCUT2D eigenvalue weighted by atomic mass is 10.1. The molecule has 0 aliphatic rings. The van der Waals surface area contributed by atoms with Crippen LogP contribution in [0.4, 0.5) is 0 Å². The molecule has 1 aromatic rings. The van der Waals surface area contributed by atoms with Crippen LogP contribution in [0.2, 0.25) is 0 Å². The van der Waals surface area contributed by atoms with E-state index in [2.05, 4.69) is 10.1 Å². The lowest BCUT2D eigenvalue weighted by Crippen LogP contribution is -2.38. The Morgan fingerprint density at radius 2 is 1.90 bits per heavy atom. The third kappa shape index (κ3) is 5.30. The summed E-state index contributed by atoms with van der Waals surface area (Å²) in [5.74, 6) is -0.699. The zero-order chi connectivity index (χ0) is 15.0. The highest BCUT2D eigenvalue weighted by molar-refractivity contribution is 6.32. The highest BCUT2D eigenvalue weighted by Gasteiger charge is 2.16. The van der Waals surface area contributed by atoms with Gasteiger partial charge >= 0.3 is 11.9 Å². The van der Waals surface area contributed by atoms with E-state index in [1.54, 1.807) is 14.0 Å². The normalized spacial score (nSPS) is 11.6. The number of benzene rings is 1. The summed E-state index contributed by atoms with van der Waals surface area (Å²) in [4.78, 5) is 22.6. The molecule has 0 bridgehead atoms. The number of hydrogen-bond donors (Lipinski definition) is 1. The van der Waals surface area contributed by atoms with Crippen LogP contribution in [0.15, 0.2) is 24.3 Å². The van der Waals surface area contributed by atoms with E-state index in [0.29, 0.717) is 0 Å². The molecule has 1 aromatic carbocycles. The quantitative estimate of drug-likeness (QED) is 0.636. The Morgan fingerprint density at radius 1 is 1.25 bits per heavy atom. The predicted molar refractivity (Wildman–Crippen MR) is 75.6 cm³/mol. The van der Waals surface area contributed by atoms with E-state index >= 15 is 0 Å². The predicted octanol–water partition coefficient (Wildman–Crippen LogP) is 1.70. The fourth-order valence-electron chi connectivity index (χ4n) is 1.73. The fourth-order valence-corrected chi connectivity index (χ4v) is 1.73. The van der Waals surface area contributed by atoms with Gasteiger partial charge in [-0.25, -0.2) is 4.79 Å². The number of nitrogens with one attached hydrogen (secondary N) is 1. The first kappa shape index (κ1) is 16.0. The summed E-state index contributed by atoms with van der Waals surface area (Å²) < 4.78 is 9.72. The molecule has 0 aromatic heterocycles. The molecule has 0 heterocycles. The van der Waals surface area contributed by atoms with Crippen molar-refractivity contribution in [1.82, 2.24) is 5.32 Å². The van der Waals surface area contributed by atoms with E-state index in [-0.39, 0.29) is 12.6 Å². The van der Waals surface area contributed by atoms with Crippen molar-refractivity contribution in [3.05, 3.63) is 29.8 Å². The minimum Gasteiger partial charge on any atom is -0.497 e. The Labute approximate surface area is 119 Å². The summed E-state index contributed by atoms with van der Waals surface area (Å²) in [5.41, 5.74) is 1.16. The molecule has 0 saturated heterocycles. The molecule has 0 spiro atoms. The molecule has 0 radical (unpaired) electrons. The van der Waals surface area contributed by atoms with Gasteiger partial charge < -0.3 is 14.8 Å². The summed E-state index contributed by atoms with van der Waals surface area (Å²) in [6, 6.07) is 7.68. The first-order valence-corrected chi connectivity index (χ1v) is 6.67. The average molecular weight is 279 g/mol. The second kappa shape index (κ2) is 8.19. The van der Waals surface area contributed by atoms with Crippen LogP contribution in [0.5, 0.6) is 5.75 Å². The molecule has 1 amide bonds. The zero-order valence-electron chi connectivity index (χ0n) is 12.1. The highest BCUT2D eigenvalue weighted by Crippen LogP contribution is 2.13. The van der Waals surface area contributed by atoms with E-state index in [9.17, 15) is 9.59 Å². The van der Waals surface area contributed by atoms with Crippen molar-refractivity contribution in [2.24, 2.45) is 0 Å². The van der Waals surface area contributed by atoms with Crippen molar-refractivity contribution in [1.29, 1.82) is 0 Å². The van der Waals surface area contributed by atoms with Crippen LogP contribution >= 0.6 is 0 Å². The van der Waals surface area contributed by atoms with Crippen LogP contribution in [-0.4, -0.2) is 31.6 Å². The molecule has 5 heteroatoms. The monoisotopic (exact) mass is 279 g/mol. The molecular formula is C15H21NO4. The van der Waals surface area contributed by atoms with Gasteiger partial charge in [0.25, 0.3) is 0 Å². The summed E-state index contributed by atoms with van der Waals surface area (Å²) in [7, 11) is 1.63. The molecule has 20 heavy (non-hydrogen) atoms. The second-order valence-electron chi connectivity index (χ2n) is 4.48. The Morgan fingerprint density at radius 3 is 2.45 bits per heavy atom. The topological polar surface area (TPSA) is 64.6 Å². The number of aryl methyl sites for hydroxylation is 1. The van der Waals surface area contributed by atoms with Gasteiger partial charge in [-0.05, 0) is 44.4 Å². The minimum atomic E-state index is -0.830. The number of methoxy groups -OCH3 is 1. The molecular weight excluding hydrogens is 258 g/mol. The van der Waals surface area contributed by atoms with Gasteiger partial charge in [0.1, 0.15) is 5.75 Å². The molecule has 1 rings (SSSR count). The van der Waals surface area contributed by atoms with E-state index in [0.717, 1.165) is 24.2 Å². The summed E-state index contributed by atoms with van der Waals surface area (Å²) >= 11 is 0. The smallest absolute Gasteiger partial charge is 0.396 e. The van der Waals surface area contributed by atoms with Gasteiger partial charge in [0, 0.05) is 6.04 Å². The van der Waals surface area contributed by atoms with Crippen molar-refractivity contribution >= 4 is 11.9 Å². The lowest BCUT2D eigenvalue weighted by molar-refractivity contribution is -0.154. The number of carbonyl (C=O) groups is 2. The number of ether oxygens (including phenoxy) is 2. The van der Waals surface area contributed by atoms with Crippen LogP contribution in [0.3, 0.4) is 0 Å². The number of hydrogen-bond acceptors (Lipinski definition) is 4. The van der Waals surface area contributed by atoms with Gasteiger partial charge in [-0.1, -0.05) is 12.1 Å². The largest absolute Gasteiger partial charge is 0.497 e. The Balaban J connectivity index is 2.36. The van der Waals surface area contributed by atoms with Crippen molar-refractivity contribution < 1.29 is 19.1 Å². The van der Waals surface area contributed by atoms with E-state index in [1.165, 1.54) is 0 Å². The number of esters is 1. The maximum atomic E-state index is 11.4. The van der Waals surface area contributed by atoms with Gasteiger partial charge in [0.2, 0.25) is 0 Å². The Hall–Kier alpha value is -2.04. The fraction of sp³-hybridized carbons (Fsp3) is 0.467. The second-order valence-corrected chi connectivity index (χ2v) is 4.48. The van der Waals surface area contributed by atoms with E-state index in [4.69, 9.17) is 4.74 Å². The third-order valence-electron chi connectivity index (χ3n) is 2.86. The number of amides is 1. The standard InChI is InChI=1S/C15H21NO4/c1-4-20-15(18)14(17)16-11(2)5-6-12-7-9-13(19-3)10-8-12/h7-11H,4-6H2,1-3H3,(H,16,17). The molecule has 0 aliphatic heterocycles. The zero-order valence-corrected chi connectivity index (χ0v) is 12.1. The van der Waals surface area contributed by atoms with Gasteiger partial charge in [-0.15, -0.1) is 0 Å². The lowest BCUT2D eigenvalue weighted by Gasteiger charge is -2.13. The van der Waals surface area contributed by atoms with E-state index in [1.807, 2.05) is 31.2 Å². The molecule has 110 valence electrons. The number of carbonyl (C=O) groups excluding carboxylic acids is 2. The minimum absolute atomic E-state index is 0.0889. The van der Waals surface area contributed by atoms with Crippen LogP contribution in [0, 0.1) is 0 Å². The molecule has 5 nitrogen and oxygen atoms in total. The van der Waals surface area contributed by atoms with Crippen molar-refractivity contribution in [2.45, 2.75) is 32.7 Å². The Bertz CT molecular complexity index is 442. The molecule has 0 aliphatic carbocycles. The molecule has 1 atom stereocenters. The van der Waals surface area contributed by atoms with Crippen molar-refractivity contribution in [2.75, 3.05) is 13.7 Å². The van der Waals surface area contributed by atoms with Crippen LogP contribution in [0.1, 0.15) is 25.8 Å². The van der Waals surface area contributed by atoms with Crippen molar-refractivity contribution in [3.63, 3.8) is 0 Å². The summed E-state index contributed by atoms with van der Waals surface area (Å²) in [5, 5.41) is 2.62. The van der Waals surface area contributed by atoms with Crippen LogP contribution < -0.4 is 10.1 Å². The van der Waals surface area contributed by atoms with Gasteiger partial charge in [-0.2, -0.15) is 0 Å². The maximum absolute atomic E-state index is 11.4. The maximum Gasteiger partial charge on any atom is 0.396 e. The average Bonchev–Trinajstić information content (AvgIpc) is 2.45. The SMILES string of the molecule is CCOC(=O)C(=O)NC(C)CCc1ccc(OC)cc1. The summed E-state index contributed by atoms with van der Waals surface area (Å²) in [6.45, 7) is 3.73. The van der Waals surface area contributed by atoms with Crippen molar-refractivity contribution in [3.8, 4) is 5.75 Å². The van der Waals surface area contributed by atoms with Gasteiger partial charge in [-0.3, -0.25) is 4.79 Å². The molecule has 1 unspecified atom stereocenters. The summed E-state index contributed by atoms with van der Waals surface area (Å²) in [6.07, 6.45) is 1.56. The highest BCUT2D eigenvalue weighted by atomic mass is 16.5. The first-order valence-electron chi connectivity index (χ1n) is 6.67. The van der Waals surface area contributed by atoms with Crippen LogP contribution in [-0.2, 0) is 20.7 Å².